The summed E-state index contributed by atoms with van der Waals surface area (Å²) >= 11 is 0. The number of ether oxygens (including phenoxy) is 3. The molecule has 1 amide bonds. The lowest BCUT2D eigenvalue weighted by Gasteiger charge is -2.23. The minimum absolute atomic E-state index is 0.0423. The number of rotatable bonds is 6. The van der Waals surface area contributed by atoms with Crippen molar-refractivity contribution in [3.63, 3.8) is 0 Å². The Balaban J connectivity index is 1.72. The Morgan fingerprint density at radius 1 is 0.857 bits per heavy atom. The van der Waals surface area contributed by atoms with Gasteiger partial charge in [0.15, 0.2) is 11.5 Å². The highest BCUT2D eigenvalue weighted by molar-refractivity contribution is 5.97. The van der Waals surface area contributed by atoms with Gasteiger partial charge in [-0.05, 0) is 12.0 Å². The number of carbonyl (C=O) groups excluding carboxylic acids is 1. The zero-order chi connectivity index (χ0) is 19.9. The van der Waals surface area contributed by atoms with Crippen LogP contribution in [0.2, 0.25) is 0 Å². The van der Waals surface area contributed by atoms with Gasteiger partial charge in [-0.1, -0.05) is 30.3 Å². The lowest BCUT2D eigenvalue weighted by atomic mass is 10.1. The lowest BCUT2D eigenvalue weighted by molar-refractivity contribution is 0.0757. The maximum Gasteiger partial charge on any atom is 0.257 e. The number of hydrogen-bond acceptors (Lipinski definition) is 5. The average molecular weight is 384 g/mol. The van der Waals surface area contributed by atoms with Gasteiger partial charge in [-0.2, -0.15) is 0 Å². The lowest BCUT2D eigenvalue weighted by Crippen LogP contribution is -2.35. The van der Waals surface area contributed by atoms with Crippen LogP contribution >= 0.6 is 0 Å². The van der Waals surface area contributed by atoms with Crippen LogP contribution in [0, 0.1) is 0 Å². The largest absolute Gasteiger partial charge is 0.496 e. The molecule has 1 saturated heterocycles. The van der Waals surface area contributed by atoms with Crippen LogP contribution in [0.3, 0.4) is 0 Å². The fourth-order valence-corrected chi connectivity index (χ4v) is 3.54. The van der Waals surface area contributed by atoms with Crippen molar-refractivity contribution < 1.29 is 19.0 Å². The third kappa shape index (κ3) is 4.57. The number of carbonyl (C=O) groups is 1. The first kappa shape index (κ1) is 20.0. The van der Waals surface area contributed by atoms with E-state index in [-0.39, 0.29) is 5.91 Å². The second kappa shape index (κ2) is 9.46. The first-order valence-electron chi connectivity index (χ1n) is 9.51. The highest BCUT2D eigenvalue weighted by Gasteiger charge is 2.24. The molecule has 0 radical (unpaired) electrons. The van der Waals surface area contributed by atoms with Crippen LogP contribution in [0.5, 0.6) is 17.2 Å². The first-order chi connectivity index (χ1) is 13.7. The van der Waals surface area contributed by atoms with E-state index in [0.717, 1.165) is 32.6 Å². The second-order valence-corrected chi connectivity index (χ2v) is 6.81. The summed E-state index contributed by atoms with van der Waals surface area (Å²) in [7, 11) is 4.68. The average Bonchev–Trinajstić information content (AvgIpc) is 2.98. The molecule has 6 nitrogen and oxygen atoms in total. The summed E-state index contributed by atoms with van der Waals surface area (Å²) in [6.07, 6.45) is 0.939. The van der Waals surface area contributed by atoms with Crippen molar-refractivity contribution in [3.05, 3.63) is 53.6 Å². The molecule has 3 rings (SSSR count). The Labute approximate surface area is 166 Å². The van der Waals surface area contributed by atoms with Crippen molar-refractivity contribution in [1.82, 2.24) is 9.80 Å². The van der Waals surface area contributed by atoms with Gasteiger partial charge in [0.25, 0.3) is 5.91 Å². The number of methoxy groups -OCH3 is 3. The molecule has 0 N–H and O–H groups in total. The molecule has 150 valence electrons. The molecule has 2 aromatic rings. The molecule has 0 atom stereocenters. The van der Waals surface area contributed by atoms with E-state index in [2.05, 4.69) is 29.2 Å². The molecular weight excluding hydrogens is 356 g/mol. The van der Waals surface area contributed by atoms with Gasteiger partial charge in [0, 0.05) is 44.9 Å². The Morgan fingerprint density at radius 3 is 2.21 bits per heavy atom. The Morgan fingerprint density at radius 2 is 1.54 bits per heavy atom. The van der Waals surface area contributed by atoms with Crippen LogP contribution in [-0.4, -0.2) is 63.2 Å². The second-order valence-electron chi connectivity index (χ2n) is 6.81. The van der Waals surface area contributed by atoms with E-state index >= 15 is 0 Å². The molecule has 0 bridgehead atoms. The van der Waals surface area contributed by atoms with Gasteiger partial charge in [0.2, 0.25) is 0 Å². The van der Waals surface area contributed by atoms with Gasteiger partial charge < -0.3 is 19.1 Å². The smallest absolute Gasteiger partial charge is 0.257 e. The van der Waals surface area contributed by atoms with Crippen molar-refractivity contribution in [2.75, 3.05) is 47.5 Å². The summed E-state index contributed by atoms with van der Waals surface area (Å²) in [5.41, 5.74) is 1.79. The summed E-state index contributed by atoms with van der Waals surface area (Å²) in [5, 5.41) is 0. The summed E-state index contributed by atoms with van der Waals surface area (Å²) < 4.78 is 16.1. The maximum atomic E-state index is 13.2. The highest BCUT2D eigenvalue weighted by Crippen LogP contribution is 2.35. The number of nitrogens with zero attached hydrogens (tertiary/aromatic N) is 2. The van der Waals surface area contributed by atoms with E-state index in [9.17, 15) is 4.79 Å². The Hall–Kier alpha value is -2.73. The molecule has 1 aliphatic heterocycles. The normalized spacial score (nSPS) is 15.0. The van der Waals surface area contributed by atoms with Crippen LogP contribution in [0.1, 0.15) is 22.3 Å². The van der Waals surface area contributed by atoms with E-state index in [1.165, 1.54) is 5.56 Å². The fourth-order valence-electron chi connectivity index (χ4n) is 3.54. The standard InChI is InChI=1S/C22H28N2O4/c1-26-19-15-21(28-3)20(27-2)14-18(19)22(25)24-11-7-10-23(12-13-24)16-17-8-5-4-6-9-17/h4-6,8-9,14-15H,7,10-13,16H2,1-3H3. The Bertz CT molecular complexity index is 795. The molecular formula is C22H28N2O4. The quantitative estimate of drug-likeness (QED) is 0.766. The molecule has 0 saturated carbocycles. The third-order valence-electron chi connectivity index (χ3n) is 5.06. The Kier molecular flexibility index (Phi) is 6.76. The van der Waals surface area contributed by atoms with Crippen molar-refractivity contribution in [3.8, 4) is 17.2 Å². The highest BCUT2D eigenvalue weighted by atomic mass is 16.5. The molecule has 1 heterocycles. The van der Waals surface area contributed by atoms with E-state index < -0.39 is 0 Å². The molecule has 0 aromatic heterocycles. The van der Waals surface area contributed by atoms with Gasteiger partial charge in [-0.15, -0.1) is 0 Å². The molecule has 0 spiro atoms. The number of hydrogen-bond donors (Lipinski definition) is 0. The first-order valence-corrected chi connectivity index (χ1v) is 9.51. The minimum Gasteiger partial charge on any atom is -0.496 e. The van der Waals surface area contributed by atoms with Crippen molar-refractivity contribution in [1.29, 1.82) is 0 Å². The van der Waals surface area contributed by atoms with Crippen molar-refractivity contribution >= 4 is 5.91 Å². The summed E-state index contributed by atoms with van der Waals surface area (Å²) in [5.74, 6) is 1.51. The van der Waals surface area contributed by atoms with Crippen LogP contribution < -0.4 is 14.2 Å². The van der Waals surface area contributed by atoms with Crippen molar-refractivity contribution in [2.24, 2.45) is 0 Å². The zero-order valence-corrected chi connectivity index (χ0v) is 16.8. The minimum atomic E-state index is -0.0423. The summed E-state index contributed by atoms with van der Waals surface area (Å²) in [6.45, 7) is 4.13. The predicted octanol–water partition coefficient (Wildman–Crippen LogP) is 3.06. The van der Waals surface area contributed by atoms with Crippen LogP contribution in [0.25, 0.3) is 0 Å². The number of amides is 1. The number of benzene rings is 2. The van der Waals surface area contributed by atoms with Crippen LogP contribution in [0.4, 0.5) is 0 Å². The van der Waals surface area contributed by atoms with Crippen LogP contribution in [0.15, 0.2) is 42.5 Å². The predicted molar refractivity (Wildman–Crippen MR) is 108 cm³/mol. The monoisotopic (exact) mass is 384 g/mol. The topological polar surface area (TPSA) is 51.2 Å². The molecule has 28 heavy (non-hydrogen) atoms. The zero-order valence-electron chi connectivity index (χ0n) is 16.8. The fraction of sp³-hybridized carbons (Fsp3) is 0.409. The van der Waals surface area contributed by atoms with Crippen LogP contribution in [-0.2, 0) is 6.54 Å². The molecule has 1 aliphatic rings. The van der Waals surface area contributed by atoms with Gasteiger partial charge in [0.05, 0.1) is 26.9 Å². The molecule has 1 fully saturated rings. The van der Waals surface area contributed by atoms with Gasteiger partial charge >= 0.3 is 0 Å². The molecule has 2 aromatic carbocycles. The van der Waals surface area contributed by atoms with E-state index in [4.69, 9.17) is 14.2 Å². The van der Waals surface area contributed by atoms with Crippen molar-refractivity contribution in [2.45, 2.75) is 13.0 Å². The maximum absolute atomic E-state index is 13.2. The van der Waals surface area contributed by atoms with Gasteiger partial charge in [-0.3, -0.25) is 9.69 Å². The molecule has 0 unspecified atom stereocenters. The van der Waals surface area contributed by atoms with Gasteiger partial charge in [0.1, 0.15) is 5.75 Å². The molecule has 0 aliphatic carbocycles. The SMILES string of the molecule is COc1cc(OC)c(C(=O)N2CCCN(Cc3ccccc3)CC2)cc1OC. The third-order valence-corrected chi connectivity index (χ3v) is 5.06. The summed E-state index contributed by atoms with van der Waals surface area (Å²) in [6, 6.07) is 13.8. The summed E-state index contributed by atoms with van der Waals surface area (Å²) in [4.78, 5) is 17.5. The van der Waals surface area contributed by atoms with E-state index in [1.54, 1.807) is 33.5 Å². The van der Waals surface area contributed by atoms with E-state index in [1.807, 2.05) is 11.0 Å². The molecule has 6 heteroatoms. The van der Waals surface area contributed by atoms with Gasteiger partial charge in [-0.25, -0.2) is 0 Å². The van der Waals surface area contributed by atoms with E-state index in [0.29, 0.717) is 29.4 Å².